The molecule has 1 saturated heterocycles. The molecule has 9 aliphatic rings. The molecule has 14 rings (SSSR count). The van der Waals surface area contributed by atoms with Crippen molar-refractivity contribution < 1.29 is 67.3 Å². The minimum absolute atomic E-state index is 0. The number of hydrogen-bond donors (Lipinski definition) is 6. The summed E-state index contributed by atoms with van der Waals surface area (Å²) in [5, 5.41) is 37.2. The molecule has 6 heterocycles. The normalized spacial score (nSPS) is 31.0. The van der Waals surface area contributed by atoms with Crippen LogP contribution < -0.4 is 51.1 Å². The number of aryl methyl sites for hydroxylation is 1. The Labute approximate surface area is 494 Å². The second kappa shape index (κ2) is 23.3. The van der Waals surface area contributed by atoms with Crippen molar-refractivity contribution in [3.05, 3.63) is 176 Å². The molecule has 0 radical (unpaired) electrons. The SMILES string of the molecule is C[C@@H]1CCc2cc3ccc2[C@H]1C[C@@H](S(=O)(=O)[O-])[C@H]1C=C2C[C@H](C[C@H]4C[C@@H](CO)CC#Cc5cc(O)ccc5[C@@H]2O4)[C@@H]1c1ccc(cc1)[C@](C[C@H](Cc1ccccc1)[C@@]1(O)CCC[C@H](c2ccc4c(c2)CNCC4)C1)(N=C(N)N)O3.[Na+]. The van der Waals surface area contributed by atoms with Crippen LogP contribution in [0.3, 0.4) is 0 Å². The molecule has 12 nitrogen and oxygen atoms in total. The van der Waals surface area contributed by atoms with Gasteiger partial charge in [-0.2, -0.15) is 0 Å². The summed E-state index contributed by atoms with van der Waals surface area (Å²) < 4.78 is 57.6. The third kappa shape index (κ3) is 11.6. The van der Waals surface area contributed by atoms with E-state index in [0.717, 1.165) is 78.6 Å². The van der Waals surface area contributed by atoms with Gasteiger partial charge in [-0.1, -0.05) is 110 Å². The number of guanidine groups is 1. The first kappa shape index (κ1) is 56.9. The van der Waals surface area contributed by atoms with Gasteiger partial charge in [0.25, 0.3) is 0 Å². The molecule has 3 aliphatic carbocycles. The average Bonchev–Trinajstić information content (AvgIpc) is 3.75. The molecule has 5 aromatic carbocycles. The average molecular weight is 1110 g/mol. The van der Waals surface area contributed by atoms with Crippen LogP contribution in [0.4, 0.5) is 0 Å². The molecule has 6 aliphatic heterocycles. The first-order valence-electron chi connectivity index (χ1n) is 29.0. The van der Waals surface area contributed by atoms with Crippen LogP contribution in [-0.2, 0) is 46.4 Å². The summed E-state index contributed by atoms with van der Waals surface area (Å²) in [6.45, 7) is 3.89. The summed E-state index contributed by atoms with van der Waals surface area (Å²) in [6.07, 6.45) is 9.56. The van der Waals surface area contributed by atoms with E-state index < -0.39 is 50.6 Å². The molecule has 5 aromatic rings. The number of nitrogens with one attached hydrogen (secondary N) is 1. The zero-order valence-electron chi connectivity index (χ0n) is 46.2. The van der Waals surface area contributed by atoms with Gasteiger partial charge < -0.3 is 46.1 Å². The summed E-state index contributed by atoms with van der Waals surface area (Å²) in [7, 11) is -4.94. The van der Waals surface area contributed by atoms with Crippen molar-refractivity contribution in [3.8, 4) is 23.3 Å². The number of nitrogens with two attached hydrogens (primary N) is 2. The molecule has 0 spiro atoms. The second-order valence-corrected chi connectivity index (χ2v) is 26.1. The van der Waals surface area contributed by atoms with Crippen molar-refractivity contribution in [1.29, 1.82) is 0 Å². The number of phenolic OH excluding ortho intramolecular Hbond substituents is 1. The van der Waals surface area contributed by atoms with E-state index in [2.05, 4.69) is 66.6 Å². The van der Waals surface area contributed by atoms with Gasteiger partial charge in [-0.3, -0.25) is 0 Å². The molecule has 414 valence electrons. The van der Waals surface area contributed by atoms with Crippen LogP contribution in [0.1, 0.15) is 157 Å². The molecule has 10 bridgehead atoms. The topological polar surface area (TPSA) is 213 Å². The Balaban J connectivity index is 0.00000675. The predicted molar refractivity (Wildman–Crippen MR) is 305 cm³/mol. The maximum atomic E-state index is 14.3. The van der Waals surface area contributed by atoms with E-state index in [4.69, 9.17) is 25.9 Å². The van der Waals surface area contributed by atoms with Crippen LogP contribution in [0.15, 0.2) is 126 Å². The molecule has 80 heavy (non-hydrogen) atoms. The van der Waals surface area contributed by atoms with Crippen LogP contribution in [0, 0.1) is 41.4 Å². The van der Waals surface area contributed by atoms with E-state index in [9.17, 15) is 28.3 Å². The van der Waals surface area contributed by atoms with Crippen LogP contribution in [0.5, 0.6) is 11.5 Å². The summed E-state index contributed by atoms with van der Waals surface area (Å²) in [4.78, 5) is 5.17. The van der Waals surface area contributed by atoms with E-state index in [1.54, 1.807) is 12.1 Å². The number of ether oxygens (including phenoxy) is 2. The largest absolute Gasteiger partial charge is 1.00 e. The van der Waals surface area contributed by atoms with E-state index >= 15 is 0 Å². The zero-order chi connectivity index (χ0) is 54.6. The van der Waals surface area contributed by atoms with Crippen molar-refractivity contribution >= 4 is 16.1 Å². The number of aliphatic hydroxyl groups excluding tert-OH is 1. The Bertz CT molecular complexity index is 3320. The third-order valence-corrected chi connectivity index (χ3v) is 20.8. The predicted octanol–water partition coefficient (Wildman–Crippen LogP) is 6.80. The first-order valence-corrected chi connectivity index (χ1v) is 30.4. The van der Waals surface area contributed by atoms with Gasteiger partial charge in [-0.05, 0) is 200 Å². The van der Waals surface area contributed by atoms with Crippen molar-refractivity contribution in [3.63, 3.8) is 0 Å². The van der Waals surface area contributed by atoms with Crippen molar-refractivity contribution in [1.82, 2.24) is 5.32 Å². The van der Waals surface area contributed by atoms with Crippen LogP contribution in [-0.4, -0.2) is 64.4 Å². The first-order chi connectivity index (χ1) is 38.1. The van der Waals surface area contributed by atoms with Crippen molar-refractivity contribution in [2.45, 2.75) is 150 Å². The zero-order valence-corrected chi connectivity index (χ0v) is 49.1. The summed E-state index contributed by atoms with van der Waals surface area (Å²) in [6, 6.07) is 36.5. The number of hydrogen-bond acceptors (Lipinski definition) is 10. The number of allylic oxidation sites excluding steroid dienone is 1. The molecule has 0 unspecified atom stereocenters. The van der Waals surface area contributed by atoms with E-state index in [1.165, 1.54) is 16.7 Å². The van der Waals surface area contributed by atoms with Crippen molar-refractivity contribution in [2.24, 2.45) is 46.0 Å². The Morgan fingerprint density at radius 2 is 1.71 bits per heavy atom. The van der Waals surface area contributed by atoms with Crippen LogP contribution in [0.2, 0.25) is 0 Å². The number of phenols is 1. The summed E-state index contributed by atoms with van der Waals surface area (Å²) in [5.41, 5.74) is 21.4. The quantitative estimate of drug-likeness (QED) is 0.0226. The molecule has 2 fully saturated rings. The number of aromatic hydroxyl groups is 1. The Morgan fingerprint density at radius 1 is 0.912 bits per heavy atom. The summed E-state index contributed by atoms with van der Waals surface area (Å²) in [5.74, 6) is 5.04. The molecular weight excluding hydrogens is 1030 g/mol. The minimum atomic E-state index is -4.94. The van der Waals surface area contributed by atoms with Gasteiger partial charge in [0.05, 0.1) is 27.1 Å². The second-order valence-electron chi connectivity index (χ2n) is 24.5. The summed E-state index contributed by atoms with van der Waals surface area (Å²) >= 11 is 0. The van der Waals surface area contributed by atoms with Crippen molar-refractivity contribution in [2.75, 3.05) is 13.2 Å². The molecule has 1 saturated carbocycles. The number of aliphatic imine (C=N–C) groups is 1. The fourth-order valence-electron chi connectivity index (χ4n) is 15.6. The fraction of sp³-hybridized carbons (Fsp3) is 0.470. The molecule has 8 N–H and O–H groups in total. The maximum absolute atomic E-state index is 14.3. The Morgan fingerprint density at radius 3 is 2.50 bits per heavy atom. The van der Waals surface area contributed by atoms with Crippen LogP contribution >= 0.6 is 0 Å². The maximum Gasteiger partial charge on any atom is 1.00 e. The molecule has 13 atom stereocenters. The number of fused-ring (bicyclic) bond motifs is 10. The molecule has 0 aromatic heterocycles. The molecular formula is C66H75N4NaO8S. The smallest absolute Gasteiger partial charge is 0.748 e. The van der Waals surface area contributed by atoms with Gasteiger partial charge in [-0.25, -0.2) is 13.4 Å². The van der Waals surface area contributed by atoms with E-state index in [1.807, 2.05) is 60.7 Å². The minimum Gasteiger partial charge on any atom is -0.748 e. The standard InChI is InChI=1S/C66H76N4O8S.Na/c1-40-12-13-47-32-55-21-23-57(47)59(40)35-61(79(74,75)76)60-34-50-30-49(33-56-28-42(39-71)9-5-10-46-31-54(72)20-22-58(46)63(50)77-56)62(60)44-16-18-52(19-17-44)66(78-55,70-64(67)68)37-53(27-41-7-3-2-4-8-41)65(73)25-6-11-48(36-65)45-15-14-43-24-26-69-38-51(43)29-45;/h2-4,7-8,14-23,29,31-32,34,40,42,48-49,53,56,59-63,69,71-73H,6,9,11-13,24-28,30,33,35-39H2,1H3,(H4,67,68,70)(H,74,75,76);/q;+1/p-1/t40-,42+,48+,49-,53+,56-,59+,60-,61-,62+,63-,65-,66-;/m1./s1. The number of benzene rings is 5. The van der Waals surface area contributed by atoms with E-state index in [-0.39, 0.29) is 96.4 Å². The Hall–Kier alpha value is -4.98. The third-order valence-electron chi connectivity index (χ3n) is 19.5. The molecule has 0 amide bonds. The van der Waals surface area contributed by atoms with Gasteiger partial charge in [0, 0.05) is 42.7 Å². The van der Waals surface area contributed by atoms with Gasteiger partial charge in [0.1, 0.15) is 17.6 Å². The van der Waals surface area contributed by atoms with Crippen LogP contribution in [0.25, 0.3) is 0 Å². The molecule has 14 heteroatoms. The monoisotopic (exact) mass is 1110 g/mol. The number of rotatable bonds is 9. The van der Waals surface area contributed by atoms with Gasteiger partial charge >= 0.3 is 29.6 Å². The number of aliphatic hydroxyl groups is 2. The van der Waals surface area contributed by atoms with Gasteiger partial charge in [0.2, 0.25) is 5.72 Å². The Kier molecular flexibility index (Phi) is 16.6. The van der Waals surface area contributed by atoms with E-state index in [0.29, 0.717) is 61.8 Å². The van der Waals surface area contributed by atoms with Gasteiger partial charge in [-0.15, -0.1) is 0 Å². The number of nitrogens with zero attached hydrogens (tertiary/aromatic N) is 1. The van der Waals surface area contributed by atoms with Gasteiger partial charge in [0.15, 0.2) is 5.96 Å². The fourth-order valence-corrected chi connectivity index (χ4v) is 16.7.